The van der Waals surface area contributed by atoms with Crippen LogP contribution in [0.5, 0.6) is 11.5 Å². The number of nitriles is 2. The van der Waals surface area contributed by atoms with E-state index < -0.39 is 34.3 Å². The molecule has 118 valence electrons. The van der Waals surface area contributed by atoms with Crippen LogP contribution in [0.4, 0.5) is 8.78 Å². The van der Waals surface area contributed by atoms with E-state index in [9.17, 15) is 8.78 Å². The summed E-state index contributed by atoms with van der Waals surface area (Å²) in [6.07, 6.45) is 2.93. The molecule has 0 heterocycles. The van der Waals surface area contributed by atoms with Crippen LogP contribution in [0.25, 0.3) is 0 Å². The van der Waals surface area contributed by atoms with Crippen molar-refractivity contribution < 1.29 is 18.3 Å². The van der Waals surface area contributed by atoms with Crippen molar-refractivity contribution in [3.63, 3.8) is 0 Å². The molecule has 0 aliphatic heterocycles. The van der Waals surface area contributed by atoms with Crippen LogP contribution in [0.3, 0.4) is 0 Å². The Kier molecular flexibility index (Phi) is 7.12. The maximum Gasteiger partial charge on any atom is 0.201 e. The SMILES string of the molecule is CCCCOc1c(F)c(C#N)c(C#N)c(F)c1OCCCC. The topological polar surface area (TPSA) is 66.0 Å². The molecule has 0 aliphatic carbocycles. The average Bonchev–Trinajstić information content (AvgIpc) is 2.52. The van der Waals surface area contributed by atoms with Gasteiger partial charge in [0.1, 0.15) is 23.3 Å². The van der Waals surface area contributed by atoms with E-state index in [-0.39, 0.29) is 13.2 Å². The Labute approximate surface area is 128 Å². The van der Waals surface area contributed by atoms with Crippen molar-refractivity contribution in [2.45, 2.75) is 39.5 Å². The highest BCUT2D eigenvalue weighted by Crippen LogP contribution is 2.38. The lowest BCUT2D eigenvalue weighted by molar-refractivity contribution is 0.242. The fraction of sp³-hybridized carbons (Fsp3) is 0.500. The maximum absolute atomic E-state index is 14.4. The summed E-state index contributed by atoms with van der Waals surface area (Å²) in [5.41, 5.74) is -1.32. The lowest BCUT2D eigenvalue weighted by atomic mass is 10.1. The molecule has 0 amide bonds. The average molecular weight is 308 g/mol. The van der Waals surface area contributed by atoms with E-state index >= 15 is 0 Å². The second kappa shape index (κ2) is 8.84. The highest BCUT2D eigenvalue weighted by molar-refractivity contribution is 5.58. The van der Waals surface area contributed by atoms with E-state index in [0.717, 1.165) is 12.8 Å². The Morgan fingerprint density at radius 1 is 0.818 bits per heavy atom. The molecule has 0 saturated heterocycles. The van der Waals surface area contributed by atoms with Gasteiger partial charge in [-0.25, -0.2) is 8.78 Å². The third-order valence-electron chi connectivity index (χ3n) is 3.01. The molecule has 0 aromatic heterocycles. The summed E-state index contributed by atoms with van der Waals surface area (Å²) in [5, 5.41) is 17.9. The molecule has 0 saturated carbocycles. The second-order valence-corrected chi connectivity index (χ2v) is 4.66. The number of rotatable bonds is 8. The van der Waals surface area contributed by atoms with Crippen LogP contribution < -0.4 is 9.47 Å². The van der Waals surface area contributed by atoms with E-state index in [0.29, 0.717) is 12.8 Å². The van der Waals surface area contributed by atoms with Crippen LogP contribution in [0.15, 0.2) is 0 Å². The molecule has 22 heavy (non-hydrogen) atoms. The number of benzene rings is 1. The monoisotopic (exact) mass is 308 g/mol. The molecule has 0 N–H and O–H groups in total. The standard InChI is InChI=1S/C16H18F2N2O2/c1-3-5-7-21-15-13(17)11(9-19)12(10-20)14(18)16(15)22-8-6-4-2/h3-8H2,1-2H3. The van der Waals surface area contributed by atoms with Crippen molar-refractivity contribution >= 4 is 0 Å². The van der Waals surface area contributed by atoms with E-state index in [1.54, 1.807) is 0 Å². The van der Waals surface area contributed by atoms with Gasteiger partial charge in [0, 0.05) is 0 Å². The Morgan fingerprint density at radius 2 is 1.18 bits per heavy atom. The number of unbranched alkanes of at least 4 members (excludes halogenated alkanes) is 2. The van der Waals surface area contributed by atoms with Crippen molar-refractivity contribution in [3.8, 4) is 23.6 Å². The summed E-state index contributed by atoms with van der Waals surface area (Å²) in [7, 11) is 0. The quantitative estimate of drug-likeness (QED) is 0.679. The predicted octanol–water partition coefficient (Wildman–Crippen LogP) is 4.07. The molecular weight excluding hydrogens is 290 g/mol. The first-order valence-corrected chi connectivity index (χ1v) is 7.22. The summed E-state index contributed by atoms with van der Waals surface area (Å²) in [6.45, 7) is 4.21. The molecule has 6 heteroatoms. The van der Waals surface area contributed by atoms with Gasteiger partial charge in [-0.1, -0.05) is 26.7 Å². The van der Waals surface area contributed by atoms with Crippen LogP contribution in [-0.2, 0) is 0 Å². The smallest absolute Gasteiger partial charge is 0.201 e. The van der Waals surface area contributed by atoms with Gasteiger partial charge in [-0.05, 0) is 12.8 Å². The fourth-order valence-corrected chi connectivity index (χ4v) is 1.75. The van der Waals surface area contributed by atoms with Crippen molar-refractivity contribution in [1.82, 2.24) is 0 Å². The highest BCUT2D eigenvalue weighted by atomic mass is 19.1. The van der Waals surface area contributed by atoms with E-state index in [4.69, 9.17) is 20.0 Å². The molecule has 0 unspecified atom stereocenters. The lowest BCUT2D eigenvalue weighted by Crippen LogP contribution is -2.09. The molecule has 0 fully saturated rings. The number of halogens is 2. The summed E-state index contributed by atoms with van der Waals surface area (Å²) < 4.78 is 39.2. The Hall–Kier alpha value is -2.34. The molecule has 0 aliphatic rings. The Bertz CT molecular complexity index is 551. The van der Waals surface area contributed by atoms with Crippen molar-refractivity contribution in [3.05, 3.63) is 22.8 Å². The Balaban J connectivity index is 3.32. The summed E-state index contributed by atoms with van der Waals surface area (Å²) in [6, 6.07) is 3.02. The third kappa shape index (κ3) is 3.85. The van der Waals surface area contributed by atoms with Crippen molar-refractivity contribution in [2.75, 3.05) is 13.2 Å². The minimum absolute atomic E-state index is 0.174. The van der Waals surface area contributed by atoms with Gasteiger partial charge >= 0.3 is 0 Å². The molecule has 1 aromatic carbocycles. The van der Waals surface area contributed by atoms with Gasteiger partial charge in [-0.2, -0.15) is 10.5 Å². The zero-order chi connectivity index (χ0) is 16.5. The molecule has 1 rings (SSSR count). The number of nitrogens with zero attached hydrogens (tertiary/aromatic N) is 2. The molecular formula is C16H18F2N2O2. The summed E-state index contributed by atoms with van der Waals surface area (Å²) in [4.78, 5) is 0. The molecule has 0 bridgehead atoms. The normalized spacial score (nSPS) is 9.91. The zero-order valence-corrected chi connectivity index (χ0v) is 12.7. The van der Waals surface area contributed by atoms with Crippen molar-refractivity contribution in [2.24, 2.45) is 0 Å². The first-order chi connectivity index (χ1) is 10.6. The van der Waals surface area contributed by atoms with E-state index in [2.05, 4.69) is 0 Å². The number of ether oxygens (including phenoxy) is 2. The first-order valence-electron chi connectivity index (χ1n) is 7.22. The molecule has 4 nitrogen and oxygen atoms in total. The van der Waals surface area contributed by atoms with E-state index in [1.807, 2.05) is 13.8 Å². The molecule has 1 aromatic rings. The van der Waals surface area contributed by atoms with Crippen LogP contribution in [-0.4, -0.2) is 13.2 Å². The largest absolute Gasteiger partial charge is 0.487 e. The van der Waals surface area contributed by atoms with Crippen molar-refractivity contribution in [1.29, 1.82) is 10.5 Å². The molecule has 0 radical (unpaired) electrons. The minimum atomic E-state index is -1.05. The zero-order valence-electron chi connectivity index (χ0n) is 12.7. The molecule has 0 spiro atoms. The van der Waals surface area contributed by atoms with Gasteiger partial charge in [0.25, 0.3) is 0 Å². The van der Waals surface area contributed by atoms with Gasteiger partial charge < -0.3 is 9.47 Å². The highest BCUT2D eigenvalue weighted by Gasteiger charge is 2.27. The van der Waals surface area contributed by atoms with Crippen LogP contribution in [0.2, 0.25) is 0 Å². The predicted molar refractivity (Wildman–Crippen MR) is 76.6 cm³/mol. The van der Waals surface area contributed by atoms with Gasteiger partial charge in [-0.3, -0.25) is 0 Å². The minimum Gasteiger partial charge on any atom is -0.487 e. The Morgan fingerprint density at radius 3 is 1.45 bits per heavy atom. The van der Waals surface area contributed by atoms with Gasteiger partial charge in [-0.15, -0.1) is 0 Å². The van der Waals surface area contributed by atoms with Gasteiger partial charge in [0.05, 0.1) is 13.2 Å². The van der Waals surface area contributed by atoms with Crippen LogP contribution >= 0.6 is 0 Å². The molecule has 0 atom stereocenters. The van der Waals surface area contributed by atoms with Gasteiger partial charge in [0.15, 0.2) is 11.6 Å². The number of hydrogen-bond donors (Lipinski definition) is 0. The fourth-order valence-electron chi connectivity index (χ4n) is 1.75. The number of hydrogen-bond acceptors (Lipinski definition) is 4. The maximum atomic E-state index is 14.4. The first kappa shape index (κ1) is 17.7. The van der Waals surface area contributed by atoms with Gasteiger partial charge in [0.2, 0.25) is 11.5 Å². The summed E-state index contributed by atoms with van der Waals surface area (Å²) in [5.74, 6) is -2.97. The van der Waals surface area contributed by atoms with Crippen LogP contribution in [0.1, 0.15) is 50.7 Å². The van der Waals surface area contributed by atoms with E-state index in [1.165, 1.54) is 12.1 Å². The third-order valence-corrected chi connectivity index (χ3v) is 3.01. The van der Waals surface area contributed by atoms with Crippen LogP contribution in [0, 0.1) is 34.3 Å². The summed E-state index contributed by atoms with van der Waals surface area (Å²) >= 11 is 0. The lowest BCUT2D eigenvalue weighted by Gasteiger charge is -2.16. The second-order valence-electron chi connectivity index (χ2n) is 4.66.